The monoisotopic (exact) mass is 312 g/mol. The molecule has 120 valence electrons. The predicted octanol–water partition coefficient (Wildman–Crippen LogP) is 3.72. The molecule has 2 aromatic rings. The molecule has 0 N–H and O–H groups in total. The number of likely N-dealkylation sites (tertiary alicyclic amines) is 1. The summed E-state index contributed by atoms with van der Waals surface area (Å²) in [4.78, 5) is 6.83. The molecule has 0 aliphatic carbocycles. The Bertz CT molecular complexity index is 655. The fourth-order valence-electron chi connectivity index (χ4n) is 2.88. The van der Waals surface area contributed by atoms with Crippen molar-refractivity contribution in [2.75, 3.05) is 26.7 Å². The van der Waals surface area contributed by atoms with E-state index in [1.807, 2.05) is 42.5 Å². The van der Waals surface area contributed by atoms with Crippen molar-refractivity contribution in [1.29, 1.82) is 0 Å². The Morgan fingerprint density at radius 1 is 1.13 bits per heavy atom. The van der Waals surface area contributed by atoms with Crippen molar-refractivity contribution in [2.24, 2.45) is 4.99 Å². The first-order valence-electron chi connectivity index (χ1n) is 7.90. The third kappa shape index (κ3) is 4.09. The number of hydrogen-bond donors (Lipinski definition) is 0. The van der Waals surface area contributed by atoms with Crippen LogP contribution in [0.2, 0.25) is 0 Å². The second-order valence-corrected chi connectivity index (χ2v) is 5.79. The highest BCUT2D eigenvalue weighted by Gasteiger charge is 2.26. The summed E-state index contributed by atoms with van der Waals surface area (Å²) < 4.78 is 18.7. The zero-order valence-corrected chi connectivity index (χ0v) is 13.3. The van der Waals surface area contributed by atoms with E-state index in [0.717, 1.165) is 24.6 Å². The first-order chi connectivity index (χ1) is 11.2. The molecule has 0 amide bonds. The third-order valence-corrected chi connectivity index (χ3v) is 4.10. The van der Waals surface area contributed by atoms with Gasteiger partial charge in [0.05, 0.1) is 12.4 Å². The Balaban J connectivity index is 1.53. The number of aliphatic imine (C=N–C) groups is 1. The number of nitrogens with zero attached hydrogens (tertiary/aromatic N) is 2. The lowest BCUT2D eigenvalue weighted by Crippen LogP contribution is -2.20. The molecule has 2 aromatic carbocycles. The van der Waals surface area contributed by atoms with Gasteiger partial charge in [-0.2, -0.15) is 0 Å². The molecule has 0 saturated carbocycles. The Morgan fingerprint density at radius 3 is 2.61 bits per heavy atom. The Labute approximate surface area is 136 Å². The van der Waals surface area contributed by atoms with E-state index >= 15 is 0 Å². The number of hydrogen-bond acceptors (Lipinski definition) is 2. The molecule has 4 heteroatoms. The maximum absolute atomic E-state index is 13.0. The molecular formula is C19H21FN2O. The van der Waals surface area contributed by atoms with Crippen LogP contribution in [0.5, 0.6) is 5.75 Å². The SMILES string of the molecule is CN1CC(c2ccc(F)cc2)C/C1=N\CCOc1ccccc1. The molecule has 1 unspecified atom stereocenters. The van der Waals surface area contributed by atoms with Gasteiger partial charge in [-0.15, -0.1) is 0 Å². The second kappa shape index (κ2) is 7.27. The average Bonchev–Trinajstić information content (AvgIpc) is 2.94. The smallest absolute Gasteiger partial charge is 0.123 e. The van der Waals surface area contributed by atoms with Gasteiger partial charge in [-0.05, 0) is 29.8 Å². The van der Waals surface area contributed by atoms with Crippen molar-refractivity contribution >= 4 is 5.84 Å². The van der Waals surface area contributed by atoms with E-state index in [-0.39, 0.29) is 5.82 Å². The quantitative estimate of drug-likeness (QED) is 0.786. The van der Waals surface area contributed by atoms with Crippen LogP contribution in [0.25, 0.3) is 0 Å². The maximum Gasteiger partial charge on any atom is 0.123 e. The third-order valence-electron chi connectivity index (χ3n) is 4.10. The maximum atomic E-state index is 13.0. The normalized spacial score (nSPS) is 19.3. The van der Waals surface area contributed by atoms with Gasteiger partial charge in [0, 0.05) is 25.9 Å². The lowest BCUT2D eigenvalue weighted by atomic mass is 9.98. The van der Waals surface area contributed by atoms with E-state index in [9.17, 15) is 4.39 Å². The summed E-state index contributed by atoms with van der Waals surface area (Å²) in [6, 6.07) is 16.6. The molecule has 1 aliphatic rings. The highest BCUT2D eigenvalue weighted by Crippen LogP contribution is 2.28. The molecule has 3 nitrogen and oxygen atoms in total. The minimum atomic E-state index is -0.188. The van der Waals surface area contributed by atoms with E-state index in [0.29, 0.717) is 19.1 Å². The van der Waals surface area contributed by atoms with Gasteiger partial charge in [0.15, 0.2) is 0 Å². The molecule has 1 saturated heterocycles. The number of benzene rings is 2. The molecule has 1 heterocycles. The standard InChI is InChI=1S/C19H21FN2O/c1-22-14-16(15-7-9-17(20)10-8-15)13-19(22)21-11-12-23-18-5-3-2-4-6-18/h2-10,16H,11-14H2,1H3/b21-19+. The van der Waals surface area contributed by atoms with Crippen molar-refractivity contribution in [3.8, 4) is 5.75 Å². The fraction of sp³-hybridized carbons (Fsp3) is 0.316. The second-order valence-electron chi connectivity index (χ2n) is 5.79. The predicted molar refractivity (Wildman–Crippen MR) is 90.6 cm³/mol. The van der Waals surface area contributed by atoms with Gasteiger partial charge in [-0.1, -0.05) is 30.3 Å². The molecule has 0 bridgehead atoms. The Hall–Kier alpha value is -2.36. The summed E-state index contributed by atoms with van der Waals surface area (Å²) in [6.07, 6.45) is 0.896. The molecule has 1 atom stereocenters. The van der Waals surface area contributed by atoms with Crippen LogP contribution in [-0.2, 0) is 0 Å². The highest BCUT2D eigenvalue weighted by atomic mass is 19.1. The Kier molecular flexibility index (Phi) is 4.91. The lowest BCUT2D eigenvalue weighted by molar-refractivity contribution is 0.328. The summed E-state index contributed by atoms with van der Waals surface area (Å²) in [5.74, 6) is 2.16. The number of halogens is 1. The van der Waals surface area contributed by atoms with Gasteiger partial charge in [0.25, 0.3) is 0 Å². The van der Waals surface area contributed by atoms with Crippen LogP contribution in [-0.4, -0.2) is 37.5 Å². The van der Waals surface area contributed by atoms with Crippen LogP contribution in [0.3, 0.4) is 0 Å². The van der Waals surface area contributed by atoms with Crippen molar-refractivity contribution in [2.45, 2.75) is 12.3 Å². The largest absolute Gasteiger partial charge is 0.492 e. The molecule has 0 aromatic heterocycles. The fourth-order valence-corrected chi connectivity index (χ4v) is 2.88. The van der Waals surface area contributed by atoms with Crippen molar-refractivity contribution in [3.05, 3.63) is 66.0 Å². The summed E-state index contributed by atoms with van der Waals surface area (Å²) in [5.41, 5.74) is 1.17. The summed E-state index contributed by atoms with van der Waals surface area (Å²) in [6.45, 7) is 2.14. The van der Waals surface area contributed by atoms with Gasteiger partial charge < -0.3 is 9.64 Å². The van der Waals surface area contributed by atoms with Crippen molar-refractivity contribution in [3.63, 3.8) is 0 Å². The van der Waals surface area contributed by atoms with Crippen LogP contribution in [0.15, 0.2) is 59.6 Å². The summed E-state index contributed by atoms with van der Waals surface area (Å²) in [7, 11) is 2.06. The minimum absolute atomic E-state index is 0.188. The molecule has 23 heavy (non-hydrogen) atoms. The van der Waals surface area contributed by atoms with Crippen LogP contribution in [0, 0.1) is 5.82 Å². The first-order valence-corrected chi connectivity index (χ1v) is 7.90. The minimum Gasteiger partial charge on any atom is -0.492 e. The van der Waals surface area contributed by atoms with Gasteiger partial charge in [-0.3, -0.25) is 4.99 Å². The summed E-state index contributed by atoms with van der Waals surface area (Å²) >= 11 is 0. The lowest BCUT2D eigenvalue weighted by Gasteiger charge is -2.12. The van der Waals surface area contributed by atoms with Crippen molar-refractivity contribution < 1.29 is 9.13 Å². The zero-order valence-electron chi connectivity index (χ0n) is 13.3. The molecule has 0 radical (unpaired) electrons. The zero-order chi connectivity index (χ0) is 16.1. The van der Waals surface area contributed by atoms with Crippen LogP contribution in [0.4, 0.5) is 4.39 Å². The summed E-state index contributed by atoms with van der Waals surface area (Å²) in [5, 5.41) is 0. The van der Waals surface area contributed by atoms with E-state index in [1.54, 1.807) is 0 Å². The van der Waals surface area contributed by atoms with Gasteiger partial charge in [0.1, 0.15) is 18.2 Å². The number of amidine groups is 1. The topological polar surface area (TPSA) is 24.8 Å². The van der Waals surface area contributed by atoms with E-state index < -0.39 is 0 Å². The molecule has 0 spiro atoms. The van der Waals surface area contributed by atoms with Crippen LogP contribution >= 0.6 is 0 Å². The first kappa shape index (κ1) is 15.5. The van der Waals surface area contributed by atoms with Gasteiger partial charge in [-0.25, -0.2) is 4.39 Å². The molecular weight excluding hydrogens is 291 g/mol. The van der Waals surface area contributed by atoms with Crippen LogP contribution in [0.1, 0.15) is 17.9 Å². The van der Waals surface area contributed by atoms with E-state index in [4.69, 9.17) is 4.74 Å². The van der Waals surface area contributed by atoms with E-state index in [2.05, 4.69) is 16.9 Å². The van der Waals surface area contributed by atoms with Crippen molar-refractivity contribution in [1.82, 2.24) is 4.90 Å². The Morgan fingerprint density at radius 2 is 1.87 bits per heavy atom. The van der Waals surface area contributed by atoms with E-state index in [1.165, 1.54) is 17.7 Å². The average molecular weight is 312 g/mol. The molecule has 1 aliphatic heterocycles. The molecule has 1 fully saturated rings. The number of rotatable bonds is 5. The number of para-hydroxylation sites is 1. The number of ether oxygens (including phenoxy) is 1. The van der Waals surface area contributed by atoms with Gasteiger partial charge >= 0.3 is 0 Å². The number of likely N-dealkylation sites (N-methyl/N-ethyl adjacent to an activating group) is 1. The molecule has 3 rings (SSSR count). The van der Waals surface area contributed by atoms with Crippen LogP contribution < -0.4 is 4.74 Å². The van der Waals surface area contributed by atoms with Gasteiger partial charge in [0.2, 0.25) is 0 Å². The highest BCUT2D eigenvalue weighted by molar-refractivity contribution is 5.85.